The van der Waals surface area contributed by atoms with Gasteiger partial charge in [-0.1, -0.05) is 45.8 Å². The Morgan fingerprint density at radius 2 is 1.70 bits per heavy atom. The molecule has 0 saturated carbocycles. The maximum Gasteiger partial charge on any atom is 0.264 e. The van der Waals surface area contributed by atoms with Crippen LogP contribution in [0.3, 0.4) is 0 Å². The van der Waals surface area contributed by atoms with Crippen molar-refractivity contribution in [2.75, 3.05) is 31.6 Å². The van der Waals surface area contributed by atoms with Crippen LogP contribution in [-0.4, -0.2) is 58.5 Å². The fourth-order valence-corrected chi connectivity index (χ4v) is 5.94. The van der Waals surface area contributed by atoms with Crippen LogP contribution in [0, 0.1) is 6.92 Å². The molecule has 0 bridgehead atoms. The summed E-state index contributed by atoms with van der Waals surface area (Å²) in [6.07, 6.45) is 0. The molecule has 1 atom stereocenters. The third-order valence-electron chi connectivity index (χ3n) is 6.30. The molecule has 0 aliphatic heterocycles. The molecule has 1 N–H and O–H groups in total. The molecule has 214 valence electrons. The van der Waals surface area contributed by atoms with Crippen molar-refractivity contribution < 1.29 is 27.5 Å². The van der Waals surface area contributed by atoms with E-state index in [9.17, 15) is 18.0 Å². The molecule has 0 aromatic heterocycles. The van der Waals surface area contributed by atoms with Gasteiger partial charge in [-0.15, -0.1) is 0 Å². The van der Waals surface area contributed by atoms with Crippen LogP contribution in [-0.2, 0) is 26.2 Å². The minimum Gasteiger partial charge on any atom is -0.497 e. The Labute approximate surface area is 244 Å². The average Bonchev–Trinajstić information content (AvgIpc) is 2.94. The number of aryl methyl sites for hydroxylation is 1. The molecular weight excluding hydrogens is 598 g/mol. The average molecular weight is 633 g/mol. The van der Waals surface area contributed by atoms with E-state index in [4.69, 9.17) is 9.47 Å². The smallest absolute Gasteiger partial charge is 0.264 e. The highest BCUT2D eigenvalue weighted by Gasteiger charge is 2.34. The molecule has 0 saturated heterocycles. The quantitative estimate of drug-likeness (QED) is 0.315. The van der Waals surface area contributed by atoms with Crippen LogP contribution in [0.5, 0.6) is 11.5 Å². The predicted molar refractivity (Wildman–Crippen MR) is 158 cm³/mol. The number of ether oxygens (including phenoxy) is 2. The Morgan fingerprint density at radius 3 is 2.30 bits per heavy atom. The van der Waals surface area contributed by atoms with Crippen molar-refractivity contribution in [1.29, 1.82) is 0 Å². The molecular formula is C29H34BrN3O6S. The first-order valence-corrected chi connectivity index (χ1v) is 14.9. The summed E-state index contributed by atoms with van der Waals surface area (Å²) in [6, 6.07) is 17.6. The zero-order chi connectivity index (χ0) is 29.4. The second-order valence-electron chi connectivity index (χ2n) is 9.08. The van der Waals surface area contributed by atoms with E-state index < -0.39 is 28.5 Å². The molecule has 1 unspecified atom stereocenters. The molecule has 3 aromatic rings. The number of amides is 2. The third kappa shape index (κ3) is 7.33. The first-order chi connectivity index (χ1) is 19.0. The van der Waals surface area contributed by atoms with Gasteiger partial charge in [-0.3, -0.25) is 13.9 Å². The molecule has 0 aliphatic carbocycles. The highest BCUT2D eigenvalue weighted by Crippen LogP contribution is 2.36. The van der Waals surface area contributed by atoms with Crippen molar-refractivity contribution in [2.24, 2.45) is 0 Å². The van der Waals surface area contributed by atoms with Crippen LogP contribution in [0.25, 0.3) is 0 Å². The fraction of sp³-hybridized carbons (Fsp3) is 0.310. The van der Waals surface area contributed by atoms with Gasteiger partial charge in [0, 0.05) is 23.6 Å². The number of carbonyl (C=O) groups excluding carboxylic acids is 2. The molecule has 11 heteroatoms. The Kier molecular flexibility index (Phi) is 10.6. The molecule has 3 rings (SSSR count). The molecule has 0 aliphatic rings. The number of carbonyl (C=O) groups is 2. The van der Waals surface area contributed by atoms with Gasteiger partial charge in [0.2, 0.25) is 11.8 Å². The molecule has 0 radical (unpaired) electrons. The lowest BCUT2D eigenvalue weighted by molar-refractivity contribution is -0.139. The number of hydrogen-bond donors (Lipinski definition) is 1. The summed E-state index contributed by atoms with van der Waals surface area (Å²) in [7, 11) is -1.37. The second kappa shape index (κ2) is 13.7. The summed E-state index contributed by atoms with van der Waals surface area (Å²) in [5, 5.41) is 2.75. The van der Waals surface area contributed by atoms with Crippen LogP contribution in [0.2, 0.25) is 0 Å². The van der Waals surface area contributed by atoms with Gasteiger partial charge in [0.05, 0.1) is 24.8 Å². The monoisotopic (exact) mass is 631 g/mol. The summed E-state index contributed by atoms with van der Waals surface area (Å²) in [5.41, 5.74) is 1.78. The van der Waals surface area contributed by atoms with Gasteiger partial charge in [0.15, 0.2) is 0 Å². The SMILES string of the molecule is CCNC(=O)C(C)N(Cc1cccc(Br)c1)C(=O)CN(c1cc(OC)ccc1OC)S(=O)(=O)c1ccc(C)cc1. The number of likely N-dealkylation sites (N-methyl/N-ethyl adjacent to an activating group) is 1. The van der Waals surface area contributed by atoms with E-state index in [1.165, 1.54) is 37.3 Å². The Hall–Kier alpha value is -3.57. The van der Waals surface area contributed by atoms with Crippen molar-refractivity contribution in [3.8, 4) is 11.5 Å². The molecule has 2 amide bonds. The molecule has 40 heavy (non-hydrogen) atoms. The maximum atomic E-state index is 14.1. The van der Waals surface area contributed by atoms with Crippen molar-refractivity contribution >= 4 is 43.5 Å². The minimum absolute atomic E-state index is 0.00564. The number of nitrogens with one attached hydrogen (secondary N) is 1. The van der Waals surface area contributed by atoms with Gasteiger partial charge in [-0.05, 0) is 62.7 Å². The first kappa shape index (κ1) is 31.0. The zero-order valence-electron chi connectivity index (χ0n) is 23.2. The summed E-state index contributed by atoms with van der Waals surface area (Å²) < 4.78 is 40.8. The molecule has 9 nitrogen and oxygen atoms in total. The molecule has 0 fully saturated rings. The van der Waals surface area contributed by atoms with Gasteiger partial charge in [0.25, 0.3) is 10.0 Å². The zero-order valence-corrected chi connectivity index (χ0v) is 25.6. The van der Waals surface area contributed by atoms with Crippen LogP contribution < -0.4 is 19.1 Å². The second-order valence-corrected chi connectivity index (χ2v) is 11.9. The summed E-state index contributed by atoms with van der Waals surface area (Å²) >= 11 is 3.44. The Balaban J connectivity index is 2.12. The third-order valence-corrected chi connectivity index (χ3v) is 8.57. The number of rotatable bonds is 12. The first-order valence-electron chi connectivity index (χ1n) is 12.6. The van der Waals surface area contributed by atoms with Crippen molar-refractivity contribution in [2.45, 2.75) is 38.3 Å². The normalized spacial score (nSPS) is 11.8. The highest BCUT2D eigenvalue weighted by molar-refractivity contribution is 9.10. The van der Waals surface area contributed by atoms with E-state index in [1.807, 2.05) is 31.2 Å². The largest absolute Gasteiger partial charge is 0.497 e. The van der Waals surface area contributed by atoms with Gasteiger partial charge in [-0.2, -0.15) is 0 Å². The topological polar surface area (TPSA) is 105 Å². The van der Waals surface area contributed by atoms with E-state index in [2.05, 4.69) is 21.2 Å². The molecule has 3 aromatic carbocycles. The number of sulfonamides is 1. The maximum absolute atomic E-state index is 14.1. The van der Waals surface area contributed by atoms with Gasteiger partial charge in [-0.25, -0.2) is 8.42 Å². The van der Waals surface area contributed by atoms with E-state index in [-0.39, 0.29) is 28.8 Å². The Bertz CT molecular complexity index is 1450. The lowest BCUT2D eigenvalue weighted by Gasteiger charge is -2.32. The van der Waals surface area contributed by atoms with Crippen molar-refractivity contribution in [3.63, 3.8) is 0 Å². The van der Waals surface area contributed by atoms with E-state index in [1.54, 1.807) is 38.1 Å². The summed E-state index contributed by atoms with van der Waals surface area (Å²) in [4.78, 5) is 28.2. The van der Waals surface area contributed by atoms with Gasteiger partial charge in [0.1, 0.15) is 24.1 Å². The number of hydrogen-bond acceptors (Lipinski definition) is 6. The number of anilines is 1. The molecule has 0 spiro atoms. The van der Waals surface area contributed by atoms with E-state index in [0.29, 0.717) is 12.3 Å². The number of methoxy groups -OCH3 is 2. The van der Waals surface area contributed by atoms with Crippen molar-refractivity contribution in [3.05, 3.63) is 82.3 Å². The minimum atomic E-state index is -4.25. The molecule has 0 heterocycles. The lowest BCUT2D eigenvalue weighted by Crippen LogP contribution is -2.51. The fourth-order valence-electron chi connectivity index (χ4n) is 4.08. The van der Waals surface area contributed by atoms with Gasteiger partial charge >= 0.3 is 0 Å². The summed E-state index contributed by atoms with van der Waals surface area (Å²) in [6.45, 7) is 5.14. The number of nitrogens with zero attached hydrogens (tertiary/aromatic N) is 2. The van der Waals surface area contributed by atoms with E-state index in [0.717, 1.165) is 19.9 Å². The van der Waals surface area contributed by atoms with Crippen molar-refractivity contribution in [1.82, 2.24) is 10.2 Å². The van der Waals surface area contributed by atoms with Crippen LogP contribution in [0.4, 0.5) is 5.69 Å². The van der Waals surface area contributed by atoms with Gasteiger partial charge < -0.3 is 19.7 Å². The standard InChI is InChI=1S/C29H34BrN3O6S/c1-6-31-29(35)21(3)32(18-22-8-7-9-23(30)16-22)28(34)19-33(26-17-24(38-4)12-15-27(26)39-5)40(36,37)25-13-10-20(2)11-14-25/h7-17,21H,6,18-19H2,1-5H3,(H,31,35). The van der Waals surface area contributed by atoms with Crippen LogP contribution >= 0.6 is 15.9 Å². The predicted octanol–water partition coefficient (Wildman–Crippen LogP) is 4.52. The Morgan fingerprint density at radius 1 is 1.00 bits per heavy atom. The van der Waals surface area contributed by atoms with Crippen LogP contribution in [0.1, 0.15) is 25.0 Å². The number of benzene rings is 3. The summed E-state index contributed by atoms with van der Waals surface area (Å²) in [5.74, 6) is -0.300. The van der Waals surface area contributed by atoms with Crippen LogP contribution in [0.15, 0.2) is 76.1 Å². The van der Waals surface area contributed by atoms with E-state index >= 15 is 0 Å². The highest BCUT2D eigenvalue weighted by atomic mass is 79.9. The lowest BCUT2D eigenvalue weighted by atomic mass is 10.1. The number of halogens is 1.